The summed E-state index contributed by atoms with van der Waals surface area (Å²) in [6.07, 6.45) is 5.60. The number of hydrogen-bond donors (Lipinski definition) is 1. The number of piperidine rings is 1. The smallest absolute Gasteiger partial charge is 0.307 e. The van der Waals surface area contributed by atoms with Gasteiger partial charge in [0.15, 0.2) is 0 Å². The molecule has 3 heterocycles. The van der Waals surface area contributed by atoms with Gasteiger partial charge in [-0.15, -0.1) is 0 Å². The van der Waals surface area contributed by atoms with E-state index in [-0.39, 0.29) is 11.8 Å². The largest absolute Gasteiger partial charge is 0.488 e. The number of aliphatic carboxylic acids is 1. The number of carboxylic acids is 1. The first kappa shape index (κ1) is 26.7. The number of rotatable bonds is 9. The standard InChI is InChI=1S/C29H34ClN3O4/c1-19-6-5-7-24(30)28(19)37-15-14-36-25-9-8-21(17-32-25)23-18-31-20(2)22(16-26(34)35)27(23)33-12-10-29(3,4)11-13-33/h5-9,17-18H,10-16H2,1-4H3,(H,34,35). The molecule has 0 amide bonds. The van der Waals surface area contributed by atoms with Crippen molar-refractivity contribution in [1.29, 1.82) is 0 Å². The van der Waals surface area contributed by atoms with Gasteiger partial charge in [-0.1, -0.05) is 37.6 Å². The minimum Gasteiger partial charge on any atom is -0.488 e. The molecule has 1 aromatic carbocycles. The number of benzene rings is 1. The molecule has 0 spiro atoms. The minimum atomic E-state index is -0.864. The predicted octanol–water partition coefficient (Wildman–Crippen LogP) is 6.13. The van der Waals surface area contributed by atoms with E-state index in [9.17, 15) is 9.90 Å². The summed E-state index contributed by atoms with van der Waals surface area (Å²) < 4.78 is 11.6. The fourth-order valence-corrected chi connectivity index (χ4v) is 4.90. The van der Waals surface area contributed by atoms with E-state index in [1.165, 1.54) is 0 Å². The monoisotopic (exact) mass is 523 g/mol. The van der Waals surface area contributed by atoms with E-state index in [2.05, 4.69) is 28.7 Å². The molecule has 7 nitrogen and oxygen atoms in total. The Balaban J connectivity index is 1.51. The fraction of sp³-hybridized carbons (Fsp3) is 0.414. The van der Waals surface area contributed by atoms with E-state index in [1.54, 1.807) is 12.3 Å². The van der Waals surface area contributed by atoms with Crippen LogP contribution in [0.25, 0.3) is 11.1 Å². The maximum absolute atomic E-state index is 11.7. The van der Waals surface area contributed by atoms with Crippen LogP contribution in [0.15, 0.2) is 42.7 Å². The van der Waals surface area contributed by atoms with Crippen LogP contribution in [0.1, 0.15) is 43.5 Å². The number of carbonyl (C=O) groups is 1. The highest BCUT2D eigenvalue weighted by Gasteiger charge is 2.29. The highest BCUT2D eigenvalue weighted by atomic mass is 35.5. The summed E-state index contributed by atoms with van der Waals surface area (Å²) in [4.78, 5) is 23.1. The number of hydrogen-bond acceptors (Lipinski definition) is 6. The first-order chi connectivity index (χ1) is 17.6. The Kier molecular flexibility index (Phi) is 8.22. The average Bonchev–Trinajstić information content (AvgIpc) is 2.85. The van der Waals surface area contributed by atoms with Crippen LogP contribution >= 0.6 is 11.6 Å². The highest BCUT2D eigenvalue weighted by molar-refractivity contribution is 6.32. The van der Waals surface area contributed by atoms with Gasteiger partial charge in [-0.2, -0.15) is 0 Å². The summed E-state index contributed by atoms with van der Waals surface area (Å²) in [5.74, 6) is 0.279. The van der Waals surface area contributed by atoms with Crippen LogP contribution in [0.3, 0.4) is 0 Å². The van der Waals surface area contributed by atoms with Crippen LogP contribution in [-0.4, -0.2) is 47.3 Å². The third-order valence-corrected chi connectivity index (χ3v) is 7.21. The van der Waals surface area contributed by atoms with Crippen molar-refractivity contribution >= 4 is 23.3 Å². The van der Waals surface area contributed by atoms with Gasteiger partial charge in [-0.25, -0.2) is 4.98 Å². The van der Waals surface area contributed by atoms with Crippen molar-refractivity contribution in [2.45, 2.75) is 47.0 Å². The lowest BCUT2D eigenvalue weighted by Crippen LogP contribution is -2.38. The van der Waals surface area contributed by atoms with Crippen LogP contribution in [0.2, 0.25) is 5.02 Å². The summed E-state index contributed by atoms with van der Waals surface area (Å²) in [7, 11) is 0. The molecule has 0 atom stereocenters. The SMILES string of the molecule is Cc1cccc(Cl)c1OCCOc1ccc(-c2cnc(C)c(CC(=O)O)c2N2CCC(C)(C)CC2)cn1. The quantitative estimate of drug-likeness (QED) is 0.338. The van der Waals surface area contributed by atoms with Crippen LogP contribution in [0.4, 0.5) is 5.69 Å². The van der Waals surface area contributed by atoms with Crippen LogP contribution < -0.4 is 14.4 Å². The topological polar surface area (TPSA) is 84.8 Å². The van der Waals surface area contributed by atoms with Gasteiger partial charge < -0.3 is 19.5 Å². The second-order valence-corrected chi connectivity index (χ2v) is 10.7. The number of anilines is 1. The minimum absolute atomic E-state index is 0.0680. The van der Waals surface area contributed by atoms with Gasteiger partial charge >= 0.3 is 5.97 Å². The van der Waals surface area contributed by atoms with Crippen molar-refractivity contribution in [3.8, 4) is 22.8 Å². The Morgan fingerprint density at radius 1 is 1.05 bits per heavy atom. The fourth-order valence-electron chi connectivity index (χ4n) is 4.62. The zero-order valence-electron chi connectivity index (χ0n) is 21.9. The van der Waals surface area contributed by atoms with Crippen molar-refractivity contribution in [3.63, 3.8) is 0 Å². The van der Waals surface area contributed by atoms with E-state index in [1.807, 2.05) is 44.3 Å². The van der Waals surface area contributed by atoms with E-state index >= 15 is 0 Å². The summed E-state index contributed by atoms with van der Waals surface area (Å²) >= 11 is 6.21. The van der Waals surface area contributed by atoms with Crippen molar-refractivity contribution in [3.05, 3.63) is 64.6 Å². The molecule has 0 saturated carbocycles. The van der Waals surface area contributed by atoms with Crippen LogP contribution in [-0.2, 0) is 11.2 Å². The van der Waals surface area contributed by atoms with Crippen molar-refractivity contribution < 1.29 is 19.4 Å². The number of nitrogens with zero attached hydrogens (tertiary/aromatic N) is 3. The van der Waals surface area contributed by atoms with Crippen molar-refractivity contribution in [2.24, 2.45) is 5.41 Å². The molecule has 2 aromatic heterocycles. The third kappa shape index (κ3) is 6.52. The zero-order valence-corrected chi connectivity index (χ0v) is 22.6. The number of ether oxygens (including phenoxy) is 2. The maximum atomic E-state index is 11.7. The number of halogens is 1. The highest BCUT2D eigenvalue weighted by Crippen LogP contribution is 2.40. The van der Waals surface area contributed by atoms with Gasteiger partial charge in [0.25, 0.3) is 0 Å². The zero-order chi connectivity index (χ0) is 26.6. The second-order valence-electron chi connectivity index (χ2n) is 10.3. The predicted molar refractivity (Wildman–Crippen MR) is 146 cm³/mol. The summed E-state index contributed by atoms with van der Waals surface area (Å²) in [5, 5.41) is 10.2. The molecule has 0 aliphatic carbocycles. The van der Waals surface area contributed by atoms with Gasteiger partial charge in [-0.05, 0) is 49.8 Å². The summed E-state index contributed by atoms with van der Waals surface area (Å²) in [6.45, 7) is 10.8. The Morgan fingerprint density at radius 2 is 1.78 bits per heavy atom. The van der Waals surface area contributed by atoms with Gasteiger partial charge in [0, 0.05) is 53.9 Å². The third-order valence-electron chi connectivity index (χ3n) is 6.92. The Bertz CT molecular complexity index is 1230. The Hall–Kier alpha value is -3.32. The van der Waals surface area contributed by atoms with Gasteiger partial charge in [-0.3, -0.25) is 9.78 Å². The molecule has 1 aliphatic heterocycles. The van der Waals surface area contributed by atoms with E-state index in [4.69, 9.17) is 21.1 Å². The normalized spacial score (nSPS) is 14.9. The number of aryl methyl sites for hydroxylation is 2. The van der Waals surface area contributed by atoms with Crippen LogP contribution in [0, 0.1) is 19.3 Å². The number of carboxylic acid groups (broad SMARTS) is 1. The molecule has 0 bridgehead atoms. The second kappa shape index (κ2) is 11.4. The average molecular weight is 524 g/mol. The van der Waals surface area contributed by atoms with Crippen molar-refractivity contribution in [1.82, 2.24) is 9.97 Å². The molecule has 4 rings (SSSR count). The Morgan fingerprint density at radius 3 is 2.43 bits per heavy atom. The number of aromatic nitrogens is 2. The van der Waals surface area contributed by atoms with E-state index in [0.29, 0.717) is 29.9 Å². The summed E-state index contributed by atoms with van der Waals surface area (Å²) in [5.41, 5.74) is 5.46. The molecule has 1 saturated heterocycles. The molecular formula is C29H34ClN3O4. The van der Waals surface area contributed by atoms with Gasteiger partial charge in [0.1, 0.15) is 19.0 Å². The molecule has 1 fully saturated rings. The van der Waals surface area contributed by atoms with Gasteiger partial charge in [0.2, 0.25) is 5.88 Å². The lowest BCUT2D eigenvalue weighted by molar-refractivity contribution is -0.136. The number of para-hydroxylation sites is 1. The molecule has 1 N–H and O–H groups in total. The first-order valence-electron chi connectivity index (χ1n) is 12.6. The number of pyridine rings is 2. The molecule has 37 heavy (non-hydrogen) atoms. The Labute approximate surface area is 223 Å². The molecule has 1 aliphatic rings. The molecule has 0 radical (unpaired) electrons. The van der Waals surface area contributed by atoms with Crippen LogP contribution in [0.5, 0.6) is 11.6 Å². The molecule has 0 unspecified atom stereocenters. The molecule has 3 aromatic rings. The van der Waals surface area contributed by atoms with E-state index in [0.717, 1.165) is 59.6 Å². The maximum Gasteiger partial charge on any atom is 0.307 e. The molecule has 196 valence electrons. The van der Waals surface area contributed by atoms with Crippen molar-refractivity contribution in [2.75, 3.05) is 31.2 Å². The lowest BCUT2D eigenvalue weighted by atomic mass is 9.82. The molecular weight excluding hydrogens is 490 g/mol. The lowest BCUT2D eigenvalue weighted by Gasteiger charge is -2.40. The van der Waals surface area contributed by atoms with E-state index < -0.39 is 5.97 Å². The summed E-state index contributed by atoms with van der Waals surface area (Å²) in [6, 6.07) is 9.39. The first-order valence-corrected chi connectivity index (χ1v) is 12.9. The van der Waals surface area contributed by atoms with Gasteiger partial charge in [0.05, 0.1) is 17.1 Å². The molecule has 8 heteroatoms.